The van der Waals surface area contributed by atoms with E-state index in [4.69, 9.17) is 0 Å². The molecule has 0 atom stereocenters. The van der Waals surface area contributed by atoms with Crippen molar-refractivity contribution in [1.29, 1.82) is 0 Å². The van der Waals surface area contributed by atoms with Crippen LogP contribution in [0.5, 0.6) is 0 Å². The number of hydrogen-bond donors (Lipinski definition) is 1. The molecule has 0 spiro atoms. The van der Waals surface area contributed by atoms with Crippen LogP contribution in [0.3, 0.4) is 0 Å². The second-order valence-electron chi connectivity index (χ2n) is 7.95. The van der Waals surface area contributed by atoms with Crippen molar-refractivity contribution >= 4 is 11.8 Å². The zero-order valence-electron chi connectivity index (χ0n) is 17.8. The van der Waals surface area contributed by atoms with Crippen molar-refractivity contribution in [3.8, 4) is 0 Å². The largest absolute Gasteiger partial charge is 0.352 e. The highest BCUT2D eigenvalue weighted by atomic mass is 16.2. The molecule has 1 aromatic heterocycles. The Morgan fingerprint density at radius 3 is 2.13 bits per heavy atom. The van der Waals surface area contributed by atoms with Crippen molar-refractivity contribution in [2.75, 3.05) is 39.8 Å². The predicted octanol–water partition coefficient (Wildman–Crippen LogP) is 3.00. The molecule has 160 valence electrons. The van der Waals surface area contributed by atoms with Crippen LogP contribution >= 0.6 is 0 Å². The molecule has 2 aromatic rings. The number of pyridine rings is 1. The minimum Gasteiger partial charge on any atom is -0.352 e. The number of amides is 2. The van der Waals surface area contributed by atoms with Gasteiger partial charge >= 0.3 is 0 Å². The highest BCUT2D eigenvalue weighted by molar-refractivity contribution is 5.97. The standard InChI is InChI=1S/C19H21N3O2.C5H11N/c23-18(21-11-9-15-4-3-10-20-14-15)16-5-7-17(8-6-16)19(24)22-12-1-2-13-22;1-6-4-2-3-5-6/h3-8,10,14H,1-2,9,11-13H2,(H,21,23);2-5H2,1H3. The Balaban J connectivity index is 0.000000367. The van der Waals surface area contributed by atoms with Crippen molar-refractivity contribution < 1.29 is 9.59 Å². The van der Waals surface area contributed by atoms with Gasteiger partial charge in [0.2, 0.25) is 0 Å². The molecular formula is C24H32N4O2. The van der Waals surface area contributed by atoms with E-state index in [1.54, 1.807) is 36.7 Å². The highest BCUT2D eigenvalue weighted by Gasteiger charge is 2.19. The number of nitrogens with zero attached hydrogens (tertiary/aromatic N) is 3. The zero-order chi connectivity index (χ0) is 21.2. The molecule has 0 bridgehead atoms. The third kappa shape index (κ3) is 6.66. The highest BCUT2D eigenvalue weighted by Crippen LogP contribution is 2.13. The number of carbonyl (C=O) groups is 2. The van der Waals surface area contributed by atoms with E-state index < -0.39 is 0 Å². The summed E-state index contributed by atoms with van der Waals surface area (Å²) in [6, 6.07) is 10.8. The second-order valence-corrected chi connectivity index (χ2v) is 7.95. The summed E-state index contributed by atoms with van der Waals surface area (Å²) in [5.74, 6) is -0.0740. The average Bonchev–Trinajstić information content (AvgIpc) is 3.49. The molecule has 0 radical (unpaired) electrons. The minimum atomic E-state index is -0.126. The SMILES string of the molecule is CN1CCCC1.O=C(NCCc1cccnc1)c1ccc(C(=O)N2CCCC2)cc1. The number of likely N-dealkylation sites (tertiary alicyclic amines) is 2. The summed E-state index contributed by atoms with van der Waals surface area (Å²) < 4.78 is 0. The molecule has 0 aliphatic carbocycles. The van der Waals surface area contributed by atoms with Gasteiger partial charge in [-0.25, -0.2) is 0 Å². The van der Waals surface area contributed by atoms with E-state index >= 15 is 0 Å². The number of benzene rings is 1. The van der Waals surface area contributed by atoms with E-state index in [1.807, 2.05) is 17.0 Å². The molecule has 2 fully saturated rings. The number of carbonyl (C=O) groups excluding carboxylic acids is 2. The fraction of sp³-hybridized carbons (Fsp3) is 0.458. The Morgan fingerprint density at radius 1 is 0.933 bits per heavy atom. The van der Waals surface area contributed by atoms with Crippen LogP contribution in [0.15, 0.2) is 48.8 Å². The van der Waals surface area contributed by atoms with E-state index in [0.717, 1.165) is 37.9 Å². The lowest BCUT2D eigenvalue weighted by Gasteiger charge is -2.15. The van der Waals surface area contributed by atoms with Gasteiger partial charge in [0.25, 0.3) is 11.8 Å². The molecule has 6 nitrogen and oxygen atoms in total. The van der Waals surface area contributed by atoms with Gasteiger partial charge in [-0.15, -0.1) is 0 Å². The monoisotopic (exact) mass is 408 g/mol. The molecule has 4 rings (SSSR count). The number of nitrogens with one attached hydrogen (secondary N) is 1. The van der Waals surface area contributed by atoms with Crippen LogP contribution in [0, 0.1) is 0 Å². The van der Waals surface area contributed by atoms with Crippen LogP contribution in [0.1, 0.15) is 52.0 Å². The summed E-state index contributed by atoms with van der Waals surface area (Å²) in [6.45, 7) is 4.85. The topological polar surface area (TPSA) is 65.5 Å². The van der Waals surface area contributed by atoms with Crippen molar-refractivity contribution in [2.24, 2.45) is 0 Å². The van der Waals surface area contributed by atoms with E-state index in [0.29, 0.717) is 17.7 Å². The van der Waals surface area contributed by atoms with Gasteiger partial charge in [0.05, 0.1) is 0 Å². The molecule has 6 heteroatoms. The Kier molecular flexibility index (Phi) is 8.39. The fourth-order valence-corrected chi connectivity index (χ4v) is 3.71. The summed E-state index contributed by atoms with van der Waals surface area (Å²) in [6.07, 6.45) is 9.24. The summed E-state index contributed by atoms with van der Waals surface area (Å²) in [5.41, 5.74) is 2.30. The van der Waals surface area contributed by atoms with Crippen molar-refractivity contribution in [1.82, 2.24) is 20.1 Å². The summed E-state index contributed by atoms with van der Waals surface area (Å²) in [5, 5.41) is 2.89. The van der Waals surface area contributed by atoms with E-state index in [2.05, 4.69) is 22.2 Å². The molecule has 0 unspecified atom stereocenters. The molecule has 2 saturated heterocycles. The Labute approximate surface area is 179 Å². The zero-order valence-corrected chi connectivity index (χ0v) is 17.8. The summed E-state index contributed by atoms with van der Waals surface area (Å²) >= 11 is 0. The van der Waals surface area contributed by atoms with Gasteiger partial charge in [0, 0.05) is 43.2 Å². The smallest absolute Gasteiger partial charge is 0.253 e. The normalized spacial score (nSPS) is 16.1. The van der Waals surface area contributed by atoms with Gasteiger partial charge in [-0.3, -0.25) is 14.6 Å². The lowest BCUT2D eigenvalue weighted by Crippen LogP contribution is -2.28. The van der Waals surface area contributed by atoms with Crippen LogP contribution in [-0.2, 0) is 6.42 Å². The molecule has 2 aliphatic rings. The maximum atomic E-state index is 12.3. The first-order valence-electron chi connectivity index (χ1n) is 10.9. The van der Waals surface area contributed by atoms with Crippen molar-refractivity contribution in [3.63, 3.8) is 0 Å². The number of aromatic nitrogens is 1. The summed E-state index contributed by atoms with van der Waals surface area (Å²) in [4.78, 5) is 32.7. The molecular weight excluding hydrogens is 376 g/mol. The lowest BCUT2D eigenvalue weighted by molar-refractivity contribution is 0.0792. The predicted molar refractivity (Wildman–Crippen MR) is 119 cm³/mol. The minimum absolute atomic E-state index is 0.0519. The molecule has 0 saturated carbocycles. The van der Waals surface area contributed by atoms with Gasteiger partial charge in [0.1, 0.15) is 0 Å². The first-order valence-corrected chi connectivity index (χ1v) is 10.9. The molecule has 2 aliphatic heterocycles. The van der Waals surface area contributed by atoms with E-state index in [-0.39, 0.29) is 11.8 Å². The number of rotatable bonds is 5. The van der Waals surface area contributed by atoms with Crippen LogP contribution in [0.25, 0.3) is 0 Å². The maximum Gasteiger partial charge on any atom is 0.253 e. The molecule has 1 aromatic carbocycles. The van der Waals surface area contributed by atoms with Crippen molar-refractivity contribution in [2.45, 2.75) is 32.1 Å². The van der Waals surface area contributed by atoms with Gasteiger partial charge in [-0.05, 0) is 88.1 Å². The Morgan fingerprint density at radius 2 is 1.57 bits per heavy atom. The summed E-state index contributed by atoms with van der Waals surface area (Å²) in [7, 11) is 2.17. The molecule has 3 heterocycles. The van der Waals surface area contributed by atoms with Crippen LogP contribution in [-0.4, -0.2) is 66.4 Å². The number of hydrogen-bond acceptors (Lipinski definition) is 4. The first-order chi connectivity index (χ1) is 14.6. The van der Waals surface area contributed by atoms with Crippen LogP contribution in [0.2, 0.25) is 0 Å². The molecule has 2 amide bonds. The Hall–Kier alpha value is -2.73. The van der Waals surface area contributed by atoms with Crippen LogP contribution < -0.4 is 5.32 Å². The molecule has 30 heavy (non-hydrogen) atoms. The van der Waals surface area contributed by atoms with Gasteiger partial charge < -0.3 is 15.1 Å². The van der Waals surface area contributed by atoms with Crippen molar-refractivity contribution in [3.05, 3.63) is 65.5 Å². The maximum absolute atomic E-state index is 12.3. The van der Waals surface area contributed by atoms with E-state index in [9.17, 15) is 9.59 Å². The van der Waals surface area contributed by atoms with Gasteiger partial charge in [0.15, 0.2) is 0 Å². The van der Waals surface area contributed by atoms with Crippen LogP contribution in [0.4, 0.5) is 0 Å². The Bertz CT molecular complexity index is 796. The third-order valence-electron chi connectivity index (χ3n) is 5.54. The third-order valence-corrected chi connectivity index (χ3v) is 5.54. The quantitative estimate of drug-likeness (QED) is 0.826. The first kappa shape index (κ1) is 22.0. The lowest BCUT2D eigenvalue weighted by atomic mass is 10.1. The van der Waals surface area contributed by atoms with Gasteiger partial charge in [-0.2, -0.15) is 0 Å². The average molecular weight is 409 g/mol. The molecule has 1 N–H and O–H groups in total. The second kappa shape index (κ2) is 11.5. The van der Waals surface area contributed by atoms with E-state index in [1.165, 1.54) is 25.9 Å². The fourth-order valence-electron chi connectivity index (χ4n) is 3.71. The van der Waals surface area contributed by atoms with Gasteiger partial charge in [-0.1, -0.05) is 6.07 Å².